The number of nitrogens with one attached hydrogen (secondary N) is 1. The molecule has 1 amide bonds. The van der Waals surface area contributed by atoms with Gasteiger partial charge in [0.2, 0.25) is 0 Å². The Morgan fingerprint density at radius 1 is 1.22 bits per heavy atom. The predicted molar refractivity (Wildman–Crippen MR) is 113 cm³/mol. The number of hydrogen-bond acceptors (Lipinski definition) is 4. The number of carboxylic acids is 1. The van der Waals surface area contributed by atoms with Crippen LogP contribution in [0.3, 0.4) is 0 Å². The Kier molecular flexibility index (Phi) is 7.37. The normalized spacial score (nSPS) is 20.1. The SMILES string of the molecule is CC(C)NC(=O)c1ccc2c(c1)C1(CCO2)CCN(CC2CC2)CC1.O=C(O)C(F)(F)F. The third kappa shape index (κ3) is 6.15. The van der Waals surface area contributed by atoms with Crippen LogP contribution >= 0.6 is 0 Å². The fourth-order valence-corrected chi connectivity index (χ4v) is 4.40. The van der Waals surface area contributed by atoms with Gasteiger partial charge in [-0.05, 0) is 83.2 Å². The second-order valence-corrected chi connectivity index (χ2v) is 9.26. The molecule has 0 bridgehead atoms. The van der Waals surface area contributed by atoms with E-state index in [1.807, 2.05) is 26.0 Å². The van der Waals surface area contributed by atoms with Crippen LogP contribution in [0.4, 0.5) is 13.2 Å². The molecule has 3 aliphatic rings. The second kappa shape index (κ2) is 9.68. The van der Waals surface area contributed by atoms with Crippen LogP contribution in [-0.4, -0.2) is 60.3 Å². The lowest BCUT2D eigenvalue weighted by molar-refractivity contribution is -0.192. The number of halogens is 3. The number of alkyl halides is 3. The molecule has 0 unspecified atom stereocenters. The minimum atomic E-state index is -5.08. The maximum Gasteiger partial charge on any atom is 0.490 e. The van der Waals surface area contributed by atoms with Crippen LogP contribution in [-0.2, 0) is 10.2 Å². The first-order chi connectivity index (χ1) is 15.0. The van der Waals surface area contributed by atoms with Crippen molar-refractivity contribution in [3.8, 4) is 5.75 Å². The third-order valence-corrected chi connectivity index (χ3v) is 6.34. The molecule has 1 saturated heterocycles. The lowest BCUT2D eigenvalue weighted by atomic mass is 9.69. The number of carbonyl (C=O) groups is 2. The summed E-state index contributed by atoms with van der Waals surface area (Å²) in [5, 5.41) is 10.1. The molecule has 2 N–H and O–H groups in total. The maximum absolute atomic E-state index is 12.4. The van der Waals surface area contributed by atoms with Crippen molar-refractivity contribution in [2.75, 3.05) is 26.2 Å². The molecule has 1 aromatic carbocycles. The summed E-state index contributed by atoms with van der Waals surface area (Å²) < 4.78 is 37.7. The van der Waals surface area contributed by atoms with E-state index < -0.39 is 12.1 Å². The van der Waals surface area contributed by atoms with Crippen LogP contribution in [0, 0.1) is 5.92 Å². The molecular formula is C23H31F3N2O4. The molecule has 0 atom stereocenters. The summed E-state index contributed by atoms with van der Waals surface area (Å²) in [6.07, 6.45) is 1.21. The van der Waals surface area contributed by atoms with Crippen LogP contribution in [0.1, 0.15) is 61.9 Å². The second-order valence-electron chi connectivity index (χ2n) is 9.26. The molecule has 178 valence electrons. The number of likely N-dealkylation sites (tertiary alicyclic amines) is 1. The quantitative estimate of drug-likeness (QED) is 0.717. The van der Waals surface area contributed by atoms with Crippen molar-refractivity contribution in [3.05, 3.63) is 29.3 Å². The van der Waals surface area contributed by atoms with E-state index in [9.17, 15) is 18.0 Å². The van der Waals surface area contributed by atoms with Gasteiger partial charge < -0.3 is 20.1 Å². The number of nitrogens with zero attached hydrogens (tertiary/aromatic N) is 1. The van der Waals surface area contributed by atoms with Crippen LogP contribution in [0.5, 0.6) is 5.75 Å². The van der Waals surface area contributed by atoms with Gasteiger partial charge in [-0.15, -0.1) is 0 Å². The lowest BCUT2D eigenvalue weighted by Gasteiger charge is -2.45. The number of hydrogen-bond donors (Lipinski definition) is 2. The molecule has 0 aromatic heterocycles. The number of piperidine rings is 1. The van der Waals surface area contributed by atoms with Gasteiger partial charge in [0, 0.05) is 29.1 Å². The van der Waals surface area contributed by atoms with E-state index in [2.05, 4.69) is 16.3 Å². The van der Waals surface area contributed by atoms with Gasteiger partial charge in [0.15, 0.2) is 0 Å². The topological polar surface area (TPSA) is 78.9 Å². The lowest BCUT2D eigenvalue weighted by Crippen LogP contribution is -2.45. The summed E-state index contributed by atoms with van der Waals surface area (Å²) in [5.41, 5.74) is 2.22. The molecule has 2 heterocycles. The Bertz CT molecular complexity index is 829. The summed E-state index contributed by atoms with van der Waals surface area (Å²) in [6, 6.07) is 6.15. The Morgan fingerprint density at radius 3 is 2.38 bits per heavy atom. The van der Waals surface area contributed by atoms with E-state index in [0.29, 0.717) is 0 Å². The van der Waals surface area contributed by atoms with E-state index in [1.165, 1.54) is 50.9 Å². The molecule has 9 heteroatoms. The minimum Gasteiger partial charge on any atom is -0.493 e. The van der Waals surface area contributed by atoms with E-state index in [4.69, 9.17) is 14.6 Å². The van der Waals surface area contributed by atoms with Gasteiger partial charge in [0.1, 0.15) is 5.75 Å². The monoisotopic (exact) mass is 456 g/mol. The van der Waals surface area contributed by atoms with Gasteiger partial charge in [-0.3, -0.25) is 4.79 Å². The molecule has 1 spiro atoms. The standard InChI is InChI=1S/C21H30N2O2.C2HF3O2/c1-15(2)22-20(24)17-5-6-19-18(13-17)21(9-12-25-19)7-10-23(11-8-21)14-16-3-4-16;3-2(4,5)1(6)7/h5-6,13,15-16H,3-4,7-12,14H2,1-2H3,(H,22,24);(H,6,7). The highest BCUT2D eigenvalue weighted by molar-refractivity contribution is 5.94. The highest BCUT2D eigenvalue weighted by Crippen LogP contribution is 2.46. The molecule has 2 aliphatic heterocycles. The van der Waals surface area contributed by atoms with Crippen LogP contribution < -0.4 is 10.1 Å². The van der Waals surface area contributed by atoms with Crippen molar-refractivity contribution in [2.45, 2.75) is 63.6 Å². The minimum absolute atomic E-state index is 0.0182. The van der Waals surface area contributed by atoms with Gasteiger partial charge in [-0.1, -0.05) is 0 Å². The number of amides is 1. The number of rotatable bonds is 4. The molecule has 4 rings (SSSR count). The molecule has 1 aliphatic carbocycles. The van der Waals surface area contributed by atoms with Crippen LogP contribution in [0.2, 0.25) is 0 Å². The van der Waals surface area contributed by atoms with Gasteiger partial charge in [-0.25, -0.2) is 4.79 Å². The Hall–Kier alpha value is -2.29. The number of benzene rings is 1. The number of ether oxygens (including phenoxy) is 1. The maximum atomic E-state index is 12.4. The summed E-state index contributed by atoms with van der Waals surface area (Å²) in [5.74, 6) is -0.789. The zero-order chi connectivity index (χ0) is 23.5. The summed E-state index contributed by atoms with van der Waals surface area (Å²) >= 11 is 0. The Balaban J connectivity index is 0.000000360. The largest absolute Gasteiger partial charge is 0.493 e. The van der Waals surface area contributed by atoms with Crippen molar-refractivity contribution in [1.29, 1.82) is 0 Å². The van der Waals surface area contributed by atoms with E-state index in [1.54, 1.807) is 0 Å². The van der Waals surface area contributed by atoms with Gasteiger partial charge in [-0.2, -0.15) is 13.2 Å². The molecule has 1 saturated carbocycles. The smallest absolute Gasteiger partial charge is 0.490 e. The molecule has 32 heavy (non-hydrogen) atoms. The number of fused-ring (bicyclic) bond motifs is 2. The zero-order valence-corrected chi connectivity index (χ0v) is 18.5. The summed E-state index contributed by atoms with van der Waals surface area (Å²) in [6.45, 7) is 8.44. The third-order valence-electron chi connectivity index (χ3n) is 6.34. The van der Waals surface area contributed by atoms with E-state index in [-0.39, 0.29) is 17.4 Å². The van der Waals surface area contributed by atoms with E-state index >= 15 is 0 Å². The van der Waals surface area contributed by atoms with Crippen LogP contribution in [0.15, 0.2) is 18.2 Å². The Labute approximate surface area is 186 Å². The molecule has 6 nitrogen and oxygen atoms in total. The summed E-state index contributed by atoms with van der Waals surface area (Å²) in [4.78, 5) is 24.0. The van der Waals surface area contributed by atoms with Gasteiger partial charge >= 0.3 is 12.1 Å². The highest BCUT2D eigenvalue weighted by atomic mass is 19.4. The van der Waals surface area contributed by atoms with Crippen LogP contribution in [0.25, 0.3) is 0 Å². The first-order valence-corrected chi connectivity index (χ1v) is 11.1. The van der Waals surface area contributed by atoms with Crippen molar-refractivity contribution in [1.82, 2.24) is 10.2 Å². The van der Waals surface area contributed by atoms with Crippen molar-refractivity contribution < 1.29 is 32.6 Å². The fraction of sp³-hybridized carbons (Fsp3) is 0.652. The summed E-state index contributed by atoms with van der Waals surface area (Å²) in [7, 11) is 0. The molecular weight excluding hydrogens is 425 g/mol. The molecule has 0 radical (unpaired) electrons. The number of aliphatic carboxylic acids is 1. The highest BCUT2D eigenvalue weighted by Gasteiger charge is 2.41. The number of carbonyl (C=O) groups excluding carboxylic acids is 1. The average Bonchev–Trinajstić information content (AvgIpc) is 3.53. The first-order valence-electron chi connectivity index (χ1n) is 11.1. The fourth-order valence-electron chi connectivity index (χ4n) is 4.40. The molecule has 1 aromatic rings. The van der Waals surface area contributed by atoms with Crippen molar-refractivity contribution in [2.24, 2.45) is 5.92 Å². The molecule has 2 fully saturated rings. The zero-order valence-electron chi connectivity index (χ0n) is 18.5. The average molecular weight is 457 g/mol. The van der Waals surface area contributed by atoms with Gasteiger partial charge in [0.25, 0.3) is 5.91 Å². The number of carboxylic acid groups (broad SMARTS) is 1. The van der Waals surface area contributed by atoms with Crippen molar-refractivity contribution in [3.63, 3.8) is 0 Å². The predicted octanol–water partition coefficient (Wildman–Crippen LogP) is 3.98. The van der Waals surface area contributed by atoms with Crippen molar-refractivity contribution >= 4 is 11.9 Å². The van der Waals surface area contributed by atoms with E-state index in [0.717, 1.165) is 30.3 Å². The Morgan fingerprint density at radius 2 is 1.84 bits per heavy atom. The first kappa shape index (κ1) is 24.4. The van der Waals surface area contributed by atoms with Gasteiger partial charge in [0.05, 0.1) is 6.61 Å².